The maximum atomic E-state index is 11.6. The molecule has 0 aliphatic heterocycles. The molecule has 2 N–H and O–H groups in total. The third kappa shape index (κ3) is 3.82. The van der Waals surface area contributed by atoms with Gasteiger partial charge in [0.05, 0.1) is 18.9 Å². The second kappa shape index (κ2) is 6.56. The molecule has 2 rings (SSSR count). The van der Waals surface area contributed by atoms with Crippen LogP contribution in [-0.4, -0.2) is 23.3 Å². The van der Waals surface area contributed by atoms with Crippen molar-refractivity contribution >= 4 is 6.21 Å². The Hall–Kier alpha value is -2.83. The average Bonchev–Trinajstić information content (AvgIpc) is 2.46. The van der Waals surface area contributed by atoms with Gasteiger partial charge in [-0.25, -0.2) is 4.79 Å². The lowest BCUT2D eigenvalue weighted by molar-refractivity contribution is 0.132. The number of benzene rings is 1. The molecule has 0 radical (unpaired) electrons. The van der Waals surface area contributed by atoms with Crippen molar-refractivity contribution < 1.29 is 9.57 Å². The second-order valence-electron chi connectivity index (χ2n) is 4.30. The number of H-pyrrole nitrogens is 2. The van der Waals surface area contributed by atoms with Gasteiger partial charge >= 0.3 is 5.69 Å². The van der Waals surface area contributed by atoms with Gasteiger partial charge in [-0.1, -0.05) is 17.3 Å². The molecule has 0 saturated carbocycles. The molecule has 110 valence electrons. The van der Waals surface area contributed by atoms with Gasteiger partial charge in [0.1, 0.15) is 12.4 Å². The van der Waals surface area contributed by atoms with E-state index in [1.807, 2.05) is 24.3 Å². The van der Waals surface area contributed by atoms with E-state index in [9.17, 15) is 9.59 Å². The van der Waals surface area contributed by atoms with Crippen LogP contribution in [0.3, 0.4) is 0 Å². The molecule has 0 fully saturated rings. The van der Waals surface area contributed by atoms with Crippen LogP contribution < -0.4 is 16.0 Å². The molecule has 0 amide bonds. The van der Waals surface area contributed by atoms with Gasteiger partial charge in [0.2, 0.25) is 0 Å². The van der Waals surface area contributed by atoms with Gasteiger partial charge in [-0.2, -0.15) is 0 Å². The van der Waals surface area contributed by atoms with Gasteiger partial charge in [0.15, 0.2) is 0 Å². The standard InChI is InChI=1S/C14H15N3O4/c1-9-12(13(18)17-14(19)16-9)7-15-21-8-10-3-5-11(20-2)6-4-10/h3-7H,8H2,1-2H3,(H2,16,17,18,19)/b15-7+. The van der Waals surface area contributed by atoms with Crippen molar-refractivity contribution in [2.75, 3.05) is 7.11 Å². The zero-order valence-electron chi connectivity index (χ0n) is 11.7. The maximum Gasteiger partial charge on any atom is 0.325 e. The number of aromatic amines is 2. The van der Waals surface area contributed by atoms with Crippen LogP contribution in [0.5, 0.6) is 5.75 Å². The summed E-state index contributed by atoms with van der Waals surface area (Å²) in [6.45, 7) is 1.88. The predicted molar refractivity (Wildman–Crippen MR) is 77.8 cm³/mol. The smallest absolute Gasteiger partial charge is 0.325 e. The van der Waals surface area contributed by atoms with Crippen molar-refractivity contribution in [1.82, 2.24) is 9.97 Å². The lowest BCUT2D eigenvalue weighted by Gasteiger charge is -2.02. The molecule has 7 heteroatoms. The van der Waals surface area contributed by atoms with Crippen LogP contribution in [0.15, 0.2) is 39.0 Å². The van der Waals surface area contributed by atoms with Gasteiger partial charge in [-0.3, -0.25) is 9.78 Å². The normalized spacial score (nSPS) is 10.8. The van der Waals surface area contributed by atoms with E-state index in [1.54, 1.807) is 14.0 Å². The summed E-state index contributed by atoms with van der Waals surface area (Å²) in [6.07, 6.45) is 1.27. The first-order valence-corrected chi connectivity index (χ1v) is 6.21. The molecular weight excluding hydrogens is 274 g/mol. The number of hydrogen-bond donors (Lipinski definition) is 2. The number of oxime groups is 1. The van der Waals surface area contributed by atoms with Crippen LogP contribution in [0.25, 0.3) is 0 Å². The molecule has 0 aliphatic rings. The molecule has 21 heavy (non-hydrogen) atoms. The fourth-order valence-corrected chi connectivity index (χ4v) is 1.69. The monoisotopic (exact) mass is 289 g/mol. The fourth-order valence-electron chi connectivity index (χ4n) is 1.69. The minimum Gasteiger partial charge on any atom is -0.497 e. The summed E-state index contributed by atoms with van der Waals surface area (Å²) in [5.74, 6) is 0.762. The summed E-state index contributed by atoms with van der Waals surface area (Å²) < 4.78 is 5.05. The Kier molecular flexibility index (Phi) is 4.55. The van der Waals surface area contributed by atoms with Crippen molar-refractivity contribution in [3.05, 3.63) is 61.9 Å². The molecule has 0 spiro atoms. The molecule has 0 bridgehead atoms. The summed E-state index contributed by atoms with van der Waals surface area (Å²) in [5, 5.41) is 3.73. The first-order chi connectivity index (χ1) is 10.1. The number of ether oxygens (including phenoxy) is 1. The predicted octanol–water partition coefficient (Wildman–Crippen LogP) is 0.931. The minimum absolute atomic E-state index is 0.254. The van der Waals surface area contributed by atoms with Crippen molar-refractivity contribution in [3.63, 3.8) is 0 Å². The number of aryl methyl sites for hydroxylation is 1. The van der Waals surface area contributed by atoms with E-state index in [-0.39, 0.29) is 12.2 Å². The van der Waals surface area contributed by atoms with E-state index in [0.29, 0.717) is 5.69 Å². The topological polar surface area (TPSA) is 96.5 Å². The molecule has 7 nitrogen and oxygen atoms in total. The van der Waals surface area contributed by atoms with Gasteiger partial charge in [0, 0.05) is 5.69 Å². The summed E-state index contributed by atoms with van der Waals surface area (Å²) in [6, 6.07) is 7.34. The van der Waals surface area contributed by atoms with E-state index in [4.69, 9.17) is 9.57 Å². The molecule has 0 aliphatic carbocycles. The minimum atomic E-state index is -0.547. The first kappa shape index (κ1) is 14.6. The summed E-state index contributed by atoms with van der Waals surface area (Å²) in [7, 11) is 1.60. The van der Waals surface area contributed by atoms with E-state index in [0.717, 1.165) is 11.3 Å². The highest BCUT2D eigenvalue weighted by Crippen LogP contribution is 2.11. The Balaban J connectivity index is 1.99. The van der Waals surface area contributed by atoms with E-state index in [1.165, 1.54) is 6.21 Å². The molecule has 0 unspecified atom stereocenters. The average molecular weight is 289 g/mol. The Morgan fingerprint density at radius 1 is 1.19 bits per heavy atom. The van der Waals surface area contributed by atoms with E-state index >= 15 is 0 Å². The van der Waals surface area contributed by atoms with Crippen LogP contribution in [0, 0.1) is 6.92 Å². The Morgan fingerprint density at radius 3 is 2.52 bits per heavy atom. The van der Waals surface area contributed by atoms with Crippen LogP contribution >= 0.6 is 0 Å². The number of hydrogen-bond acceptors (Lipinski definition) is 5. The molecule has 0 atom stereocenters. The number of nitrogens with zero attached hydrogens (tertiary/aromatic N) is 1. The summed E-state index contributed by atoms with van der Waals surface area (Å²) in [5.41, 5.74) is 0.548. The lowest BCUT2D eigenvalue weighted by atomic mass is 10.2. The Labute approximate surface area is 120 Å². The highest BCUT2D eigenvalue weighted by molar-refractivity contribution is 5.79. The van der Waals surface area contributed by atoms with Crippen LogP contribution in [0.1, 0.15) is 16.8 Å². The quantitative estimate of drug-likeness (QED) is 0.632. The molecule has 1 aromatic heterocycles. The van der Waals surface area contributed by atoms with Gasteiger partial charge in [0.25, 0.3) is 5.56 Å². The largest absolute Gasteiger partial charge is 0.497 e. The lowest BCUT2D eigenvalue weighted by Crippen LogP contribution is -2.26. The highest BCUT2D eigenvalue weighted by Gasteiger charge is 2.02. The molecule has 1 heterocycles. The van der Waals surface area contributed by atoms with Crippen molar-refractivity contribution in [2.24, 2.45) is 5.16 Å². The van der Waals surface area contributed by atoms with E-state index < -0.39 is 11.2 Å². The second-order valence-corrected chi connectivity index (χ2v) is 4.30. The van der Waals surface area contributed by atoms with Gasteiger partial charge in [-0.05, 0) is 24.6 Å². The van der Waals surface area contributed by atoms with Crippen molar-refractivity contribution in [1.29, 1.82) is 0 Å². The van der Waals surface area contributed by atoms with E-state index in [2.05, 4.69) is 15.1 Å². The van der Waals surface area contributed by atoms with Crippen LogP contribution in [0.4, 0.5) is 0 Å². The first-order valence-electron chi connectivity index (χ1n) is 6.21. The molecule has 2 aromatic rings. The third-order valence-corrected chi connectivity index (χ3v) is 2.82. The molecule has 0 saturated heterocycles. The zero-order valence-corrected chi connectivity index (χ0v) is 11.7. The maximum absolute atomic E-state index is 11.6. The van der Waals surface area contributed by atoms with Crippen LogP contribution in [0.2, 0.25) is 0 Å². The summed E-state index contributed by atoms with van der Waals surface area (Å²) in [4.78, 5) is 32.3. The number of rotatable bonds is 5. The van der Waals surface area contributed by atoms with Gasteiger partial charge in [-0.15, -0.1) is 0 Å². The van der Waals surface area contributed by atoms with Crippen molar-refractivity contribution in [3.8, 4) is 5.75 Å². The van der Waals surface area contributed by atoms with Crippen LogP contribution in [-0.2, 0) is 11.4 Å². The fraction of sp³-hybridized carbons (Fsp3) is 0.214. The SMILES string of the molecule is COc1ccc(CO/N=C/c2c(C)[nH]c(=O)[nH]c2=O)cc1. The summed E-state index contributed by atoms with van der Waals surface area (Å²) >= 11 is 0. The molecular formula is C14H15N3O4. The Bertz CT molecular complexity index is 744. The highest BCUT2D eigenvalue weighted by atomic mass is 16.6. The third-order valence-electron chi connectivity index (χ3n) is 2.82. The zero-order chi connectivity index (χ0) is 15.2. The number of aromatic nitrogens is 2. The Morgan fingerprint density at radius 2 is 1.90 bits per heavy atom. The number of nitrogens with one attached hydrogen (secondary N) is 2. The van der Waals surface area contributed by atoms with Crippen molar-refractivity contribution in [2.45, 2.75) is 13.5 Å². The molecule has 1 aromatic carbocycles. The van der Waals surface area contributed by atoms with Gasteiger partial charge < -0.3 is 14.6 Å². The number of methoxy groups -OCH3 is 1.